The molecule has 4 nitrogen and oxygen atoms in total. The molecule has 0 fully saturated rings. The molecule has 21 heavy (non-hydrogen) atoms. The van der Waals surface area contributed by atoms with Gasteiger partial charge in [0, 0.05) is 30.2 Å². The number of thiophene rings is 1. The molecular weight excluding hydrogens is 280 g/mol. The highest BCUT2D eigenvalue weighted by molar-refractivity contribution is 7.18. The molecule has 0 atom stereocenters. The zero-order valence-electron chi connectivity index (χ0n) is 12.3. The van der Waals surface area contributed by atoms with Gasteiger partial charge >= 0.3 is 0 Å². The van der Waals surface area contributed by atoms with Crippen LogP contribution >= 0.6 is 11.3 Å². The first-order valence-corrected chi connectivity index (χ1v) is 8.04. The largest absolute Gasteiger partial charge is 0.370 e. The molecule has 5 heteroatoms. The summed E-state index contributed by atoms with van der Waals surface area (Å²) in [6.45, 7) is 5.12. The Morgan fingerprint density at radius 2 is 1.95 bits per heavy atom. The van der Waals surface area contributed by atoms with Gasteiger partial charge in [-0.1, -0.05) is 6.92 Å². The van der Waals surface area contributed by atoms with Crippen LogP contribution in [-0.2, 0) is 12.8 Å². The van der Waals surface area contributed by atoms with E-state index < -0.39 is 0 Å². The van der Waals surface area contributed by atoms with Gasteiger partial charge in [-0.3, -0.25) is 4.98 Å². The van der Waals surface area contributed by atoms with Crippen LogP contribution in [0.1, 0.15) is 30.1 Å². The lowest BCUT2D eigenvalue weighted by atomic mass is 10.2. The molecule has 0 aromatic carbocycles. The van der Waals surface area contributed by atoms with Crippen molar-refractivity contribution in [1.82, 2.24) is 15.0 Å². The number of rotatable bonds is 5. The first-order chi connectivity index (χ1) is 10.3. The number of pyridine rings is 1. The summed E-state index contributed by atoms with van der Waals surface area (Å²) >= 11 is 1.76. The third kappa shape index (κ3) is 3.03. The van der Waals surface area contributed by atoms with Gasteiger partial charge in [0.2, 0.25) is 0 Å². The third-order valence-electron chi connectivity index (χ3n) is 3.29. The van der Waals surface area contributed by atoms with E-state index in [9.17, 15) is 0 Å². The summed E-state index contributed by atoms with van der Waals surface area (Å²) in [4.78, 5) is 15.9. The van der Waals surface area contributed by atoms with Crippen molar-refractivity contribution in [3.8, 4) is 0 Å². The van der Waals surface area contributed by atoms with Gasteiger partial charge in [0.15, 0.2) is 0 Å². The van der Waals surface area contributed by atoms with Crippen molar-refractivity contribution in [2.45, 2.75) is 26.7 Å². The number of aryl methyl sites for hydroxylation is 1. The van der Waals surface area contributed by atoms with Crippen molar-refractivity contribution in [2.24, 2.45) is 0 Å². The average molecular weight is 298 g/mol. The number of anilines is 1. The Labute approximate surface area is 128 Å². The van der Waals surface area contributed by atoms with E-state index in [1.807, 2.05) is 12.1 Å². The van der Waals surface area contributed by atoms with Crippen molar-refractivity contribution in [3.05, 3.63) is 46.9 Å². The Hall–Kier alpha value is -2.01. The Kier molecular flexibility index (Phi) is 4.10. The molecule has 3 aromatic heterocycles. The summed E-state index contributed by atoms with van der Waals surface area (Å²) in [6.07, 6.45) is 5.38. The molecule has 0 radical (unpaired) electrons. The molecule has 3 heterocycles. The summed E-state index contributed by atoms with van der Waals surface area (Å²) < 4.78 is 0. The lowest BCUT2D eigenvalue weighted by molar-refractivity contribution is 0.986. The van der Waals surface area contributed by atoms with Gasteiger partial charge in [-0.05, 0) is 37.1 Å². The fourth-order valence-corrected chi connectivity index (χ4v) is 3.24. The van der Waals surface area contributed by atoms with Crippen LogP contribution < -0.4 is 5.32 Å². The molecule has 0 saturated heterocycles. The van der Waals surface area contributed by atoms with Gasteiger partial charge in [0.05, 0.1) is 5.39 Å². The fourth-order valence-electron chi connectivity index (χ4n) is 2.25. The summed E-state index contributed by atoms with van der Waals surface area (Å²) in [5.41, 5.74) is 1.18. The van der Waals surface area contributed by atoms with E-state index in [0.717, 1.165) is 41.2 Å². The summed E-state index contributed by atoms with van der Waals surface area (Å²) in [6, 6.07) is 6.22. The lowest BCUT2D eigenvalue weighted by Crippen LogP contribution is -2.04. The predicted octanol–water partition coefficient (Wildman–Crippen LogP) is 3.67. The number of nitrogens with zero attached hydrogens (tertiary/aromatic N) is 3. The van der Waals surface area contributed by atoms with Gasteiger partial charge in [0.25, 0.3) is 0 Å². The van der Waals surface area contributed by atoms with E-state index in [4.69, 9.17) is 9.97 Å². The molecule has 0 saturated carbocycles. The number of aromatic nitrogens is 3. The zero-order valence-corrected chi connectivity index (χ0v) is 13.1. The van der Waals surface area contributed by atoms with E-state index in [2.05, 4.69) is 30.2 Å². The Balaban J connectivity index is 2.02. The van der Waals surface area contributed by atoms with Gasteiger partial charge in [-0.15, -0.1) is 11.3 Å². The smallest absolute Gasteiger partial charge is 0.138 e. The molecule has 1 N–H and O–H groups in total. The van der Waals surface area contributed by atoms with Crippen LogP contribution in [-0.4, -0.2) is 21.5 Å². The minimum Gasteiger partial charge on any atom is -0.370 e. The maximum absolute atomic E-state index is 4.73. The first kappa shape index (κ1) is 13.9. The summed E-state index contributed by atoms with van der Waals surface area (Å²) in [5, 5.41) is 4.49. The molecule has 0 amide bonds. The van der Waals surface area contributed by atoms with Crippen molar-refractivity contribution in [3.63, 3.8) is 0 Å². The maximum atomic E-state index is 4.73. The SMILES string of the molecule is CCNc1nc(Cc2ccncc2)nc2sc(CC)cc12. The van der Waals surface area contributed by atoms with Crippen molar-refractivity contribution >= 4 is 27.4 Å². The number of hydrogen-bond acceptors (Lipinski definition) is 5. The quantitative estimate of drug-likeness (QED) is 0.781. The second-order valence-corrected chi connectivity index (χ2v) is 5.95. The molecule has 3 aromatic rings. The maximum Gasteiger partial charge on any atom is 0.138 e. The molecular formula is C16H18N4S. The highest BCUT2D eigenvalue weighted by atomic mass is 32.1. The standard InChI is InChI=1S/C16H18N4S/c1-3-12-10-13-15(18-4-2)19-14(20-16(13)21-12)9-11-5-7-17-8-6-11/h5-8,10H,3-4,9H2,1-2H3,(H,18,19,20). The van der Waals surface area contributed by atoms with Crippen molar-refractivity contribution in [1.29, 1.82) is 0 Å². The highest BCUT2D eigenvalue weighted by Gasteiger charge is 2.11. The Morgan fingerprint density at radius 1 is 1.14 bits per heavy atom. The first-order valence-electron chi connectivity index (χ1n) is 7.22. The minimum absolute atomic E-state index is 0.732. The van der Waals surface area contributed by atoms with Crippen LogP contribution in [0.5, 0.6) is 0 Å². The second kappa shape index (κ2) is 6.18. The third-order valence-corrected chi connectivity index (χ3v) is 4.47. The van der Waals surface area contributed by atoms with Gasteiger partial charge < -0.3 is 5.32 Å². The molecule has 0 bridgehead atoms. The fraction of sp³-hybridized carbons (Fsp3) is 0.312. The van der Waals surface area contributed by atoms with Gasteiger partial charge in [0.1, 0.15) is 16.5 Å². The van der Waals surface area contributed by atoms with Crippen LogP contribution in [0.2, 0.25) is 0 Å². The van der Waals surface area contributed by atoms with Crippen LogP contribution in [0.3, 0.4) is 0 Å². The van der Waals surface area contributed by atoms with Crippen LogP contribution in [0.15, 0.2) is 30.6 Å². The van der Waals surface area contributed by atoms with Gasteiger partial charge in [-0.25, -0.2) is 9.97 Å². The highest BCUT2D eigenvalue weighted by Crippen LogP contribution is 2.29. The molecule has 0 aliphatic carbocycles. The van der Waals surface area contributed by atoms with Crippen LogP contribution in [0.4, 0.5) is 5.82 Å². The topological polar surface area (TPSA) is 50.7 Å². The molecule has 0 spiro atoms. The molecule has 0 aliphatic rings. The summed E-state index contributed by atoms with van der Waals surface area (Å²) in [5.74, 6) is 1.80. The number of hydrogen-bond donors (Lipinski definition) is 1. The van der Waals surface area contributed by atoms with E-state index in [0.29, 0.717) is 0 Å². The number of fused-ring (bicyclic) bond motifs is 1. The van der Waals surface area contributed by atoms with E-state index in [-0.39, 0.29) is 0 Å². The molecule has 108 valence electrons. The molecule has 0 aliphatic heterocycles. The Morgan fingerprint density at radius 3 is 2.67 bits per heavy atom. The van der Waals surface area contributed by atoms with Gasteiger partial charge in [-0.2, -0.15) is 0 Å². The predicted molar refractivity (Wildman–Crippen MR) is 88.0 cm³/mol. The minimum atomic E-state index is 0.732. The van der Waals surface area contributed by atoms with Crippen LogP contribution in [0.25, 0.3) is 10.2 Å². The average Bonchev–Trinajstić information content (AvgIpc) is 2.92. The molecule has 3 rings (SSSR count). The van der Waals surface area contributed by atoms with Crippen molar-refractivity contribution < 1.29 is 0 Å². The van der Waals surface area contributed by atoms with E-state index in [1.165, 1.54) is 10.4 Å². The normalized spacial score (nSPS) is 11.0. The monoisotopic (exact) mass is 298 g/mol. The lowest BCUT2D eigenvalue weighted by Gasteiger charge is -2.07. The second-order valence-electron chi connectivity index (χ2n) is 4.84. The van der Waals surface area contributed by atoms with E-state index in [1.54, 1.807) is 23.7 Å². The zero-order chi connectivity index (χ0) is 14.7. The van der Waals surface area contributed by atoms with Crippen molar-refractivity contribution in [2.75, 3.05) is 11.9 Å². The van der Waals surface area contributed by atoms with Crippen LogP contribution in [0, 0.1) is 0 Å². The Bertz CT molecular complexity index is 737. The number of nitrogens with one attached hydrogen (secondary N) is 1. The summed E-state index contributed by atoms with van der Waals surface area (Å²) in [7, 11) is 0. The van der Waals surface area contributed by atoms with E-state index >= 15 is 0 Å². The molecule has 0 unspecified atom stereocenters.